The van der Waals surface area contributed by atoms with Crippen LogP contribution < -0.4 is 5.43 Å². The molecule has 0 bridgehead atoms. The topological polar surface area (TPSA) is 15.3 Å². The Hall–Kier alpha value is -0.870. The van der Waals surface area contributed by atoms with Gasteiger partial charge in [-0.1, -0.05) is 15.9 Å². The highest BCUT2D eigenvalue weighted by atomic mass is 79.9. The van der Waals surface area contributed by atoms with Gasteiger partial charge in [-0.2, -0.15) is 0 Å². The summed E-state index contributed by atoms with van der Waals surface area (Å²) in [5.41, 5.74) is 6.48. The predicted octanol–water partition coefficient (Wildman–Crippen LogP) is 3.94. The summed E-state index contributed by atoms with van der Waals surface area (Å²) >= 11 is 3.51. The standard InChI is InChI=1S/C14H18BrFN2/c1-9-8-17-18(14(2,3)4)13(9)11-7-10(16)5-6-12(11)15/h5-7,17H,8H2,1-4H3. The molecule has 98 valence electrons. The number of halogens is 2. The van der Waals surface area contributed by atoms with Crippen molar-refractivity contribution in [2.45, 2.75) is 33.2 Å². The molecule has 0 aliphatic carbocycles. The van der Waals surface area contributed by atoms with E-state index in [1.165, 1.54) is 11.6 Å². The van der Waals surface area contributed by atoms with Gasteiger partial charge < -0.3 is 5.01 Å². The Morgan fingerprint density at radius 2 is 2.00 bits per heavy atom. The molecule has 0 radical (unpaired) electrons. The van der Waals surface area contributed by atoms with Gasteiger partial charge in [0, 0.05) is 22.1 Å². The normalized spacial score (nSPS) is 16.7. The van der Waals surface area contributed by atoms with Crippen LogP contribution in [-0.2, 0) is 0 Å². The van der Waals surface area contributed by atoms with Crippen LogP contribution >= 0.6 is 15.9 Å². The largest absolute Gasteiger partial charge is 0.302 e. The minimum Gasteiger partial charge on any atom is -0.302 e. The van der Waals surface area contributed by atoms with Crippen LogP contribution in [0.2, 0.25) is 0 Å². The summed E-state index contributed by atoms with van der Waals surface area (Å²) in [7, 11) is 0. The van der Waals surface area contributed by atoms with Crippen molar-refractivity contribution in [2.24, 2.45) is 0 Å². The van der Waals surface area contributed by atoms with Crippen LogP contribution in [0.5, 0.6) is 0 Å². The molecular formula is C14H18BrFN2. The van der Waals surface area contributed by atoms with Crippen molar-refractivity contribution in [3.63, 3.8) is 0 Å². The Morgan fingerprint density at radius 3 is 2.61 bits per heavy atom. The molecule has 1 heterocycles. The van der Waals surface area contributed by atoms with Crippen molar-refractivity contribution >= 4 is 21.6 Å². The maximum Gasteiger partial charge on any atom is 0.123 e. The lowest BCUT2D eigenvalue weighted by Crippen LogP contribution is -2.45. The Bertz CT molecular complexity index is 503. The van der Waals surface area contributed by atoms with Crippen molar-refractivity contribution < 1.29 is 4.39 Å². The molecule has 2 rings (SSSR count). The monoisotopic (exact) mass is 312 g/mol. The van der Waals surface area contributed by atoms with Crippen LogP contribution in [0, 0.1) is 5.82 Å². The van der Waals surface area contributed by atoms with Gasteiger partial charge >= 0.3 is 0 Å². The summed E-state index contributed by atoms with van der Waals surface area (Å²) < 4.78 is 14.4. The third-order valence-electron chi connectivity index (χ3n) is 2.98. The Kier molecular flexibility index (Phi) is 3.52. The zero-order chi connectivity index (χ0) is 13.5. The minimum absolute atomic E-state index is 0.0567. The molecule has 0 spiro atoms. The first-order chi connectivity index (χ1) is 8.30. The quantitative estimate of drug-likeness (QED) is 0.845. The van der Waals surface area contributed by atoms with E-state index >= 15 is 0 Å². The maximum atomic E-state index is 13.5. The van der Waals surface area contributed by atoms with Gasteiger partial charge in [-0.25, -0.2) is 9.82 Å². The van der Waals surface area contributed by atoms with Crippen LogP contribution in [0.25, 0.3) is 5.70 Å². The molecule has 0 aromatic heterocycles. The number of hydrazine groups is 1. The van der Waals surface area contributed by atoms with E-state index in [4.69, 9.17) is 0 Å². The SMILES string of the molecule is CC1=C(c2cc(F)ccc2Br)N(C(C)(C)C)NC1. The summed E-state index contributed by atoms with van der Waals surface area (Å²) in [5, 5.41) is 2.11. The average molecular weight is 313 g/mol. The highest BCUT2D eigenvalue weighted by Gasteiger charge is 2.31. The molecule has 0 atom stereocenters. The average Bonchev–Trinajstić information content (AvgIpc) is 2.63. The second-order valence-corrected chi connectivity index (χ2v) is 6.45. The number of benzene rings is 1. The molecule has 1 aliphatic heterocycles. The van der Waals surface area contributed by atoms with Crippen molar-refractivity contribution in [1.29, 1.82) is 0 Å². The second kappa shape index (κ2) is 4.67. The van der Waals surface area contributed by atoms with Crippen LogP contribution in [0.4, 0.5) is 4.39 Å². The lowest BCUT2D eigenvalue weighted by Gasteiger charge is -2.36. The van der Waals surface area contributed by atoms with Crippen LogP contribution in [0.1, 0.15) is 33.3 Å². The number of hydrogen-bond acceptors (Lipinski definition) is 2. The molecule has 0 unspecified atom stereocenters. The number of nitrogens with zero attached hydrogens (tertiary/aromatic N) is 1. The van der Waals surface area contributed by atoms with E-state index in [1.807, 2.05) is 0 Å². The maximum absolute atomic E-state index is 13.5. The first kappa shape index (κ1) is 13.6. The summed E-state index contributed by atoms with van der Waals surface area (Å²) in [5.74, 6) is -0.214. The molecule has 1 aromatic carbocycles. The smallest absolute Gasteiger partial charge is 0.123 e. The number of rotatable bonds is 1. The van der Waals surface area contributed by atoms with E-state index in [9.17, 15) is 4.39 Å². The van der Waals surface area contributed by atoms with E-state index in [1.54, 1.807) is 12.1 Å². The summed E-state index contributed by atoms with van der Waals surface area (Å²) in [6.07, 6.45) is 0. The van der Waals surface area contributed by atoms with Crippen molar-refractivity contribution in [2.75, 3.05) is 6.54 Å². The Morgan fingerprint density at radius 1 is 1.33 bits per heavy atom. The highest BCUT2D eigenvalue weighted by Crippen LogP contribution is 2.35. The number of hydrogen-bond donors (Lipinski definition) is 1. The first-order valence-corrected chi connectivity index (χ1v) is 6.79. The number of nitrogens with one attached hydrogen (secondary N) is 1. The van der Waals surface area contributed by atoms with Gasteiger partial charge in [0.15, 0.2) is 0 Å². The third-order valence-corrected chi connectivity index (χ3v) is 3.68. The molecule has 2 nitrogen and oxygen atoms in total. The van der Waals surface area contributed by atoms with E-state index < -0.39 is 0 Å². The van der Waals surface area contributed by atoms with Gasteiger partial charge in [0.2, 0.25) is 0 Å². The van der Waals surface area contributed by atoms with Crippen molar-refractivity contribution in [3.8, 4) is 0 Å². The molecule has 0 amide bonds. The van der Waals surface area contributed by atoms with Crippen molar-refractivity contribution in [1.82, 2.24) is 10.4 Å². The first-order valence-electron chi connectivity index (χ1n) is 5.99. The minimum atomic E-state index is -0.214. The molecule has 0 saturated heterocycles. The fourth-order valence-corrected chi connectivity index (χ4v) is 2.59. The van der Waals surface area contributed by atoms with Crippen LogP contribution in [0.3, 0.4) is 0 Å². The summed E-state index contributed by atoms with van der Waals surface area (Å²) in [4.78, 5) is 0. The van der Waals surface area contributed by atoms with Crippen molar-refractivity contribution in [3.05, 3.63) is 39.6 Å². The van der Waals surface area contributed by atoms with Gasteiger partial charge in [-0.15, -0.1) is 0 Å². The van der Waals surface area contributed by atoms with Gasteiger partial charge in [0.1, 0.15) is 5.82 Å². The van der Waals surface area contributed by atoms with Crippen LogP contribution in [-0.4, -0.2) is 17.1 Å². The van der Waals surface area contributed by atoms with Gasteiger partial charge in [0.25, 0.3) is 0 Å². The molecule has 1 N–H and O–H groups in total. The predicted molar refractivity (Wildman–Crippen MR) is 76.3 cm³/mol. The van der Waals surface area contributed by atoms with Gasteiger partial charge in [-0.3, -0.25) is 0 Å². The summed E-state index contributed by atoms with van der Waals surface area (Å²) in [6.45, 7) is 9.27. The molecule has 1 aliphatic rings. The van der Waals surface area contributed by atoms with Crippen LogP contribution in [0.15, 0.2) is 28.2 Å². The zero-order valence-corrected chi connectivity index (χ0v) is 12.7. The fourth-order valence-electron chi connectivity index (χ4n) is 2.15. The molecule has 1 aromatic rings. The molecular weight excluding hydrogens is 295 g/mol. The Balaban J connectivity index is 2.53. The lowest BCUT2D eigenvalue weighted by atomic mass is 10.0. The van der Waals surface area contributed by atoms with E-state index in [-0.39, 0.29) is 11.4 Å². The van der Waals surface area contributed by atoms with E-state index in [0.29, 0.717) is 0 Å². The fraction of sp³-hybridized carbons (Fsp3) is 0.429. The summed E-state index contributed by atoms with van der Waals surface area (Å²) in [6, 6.07) is 4.80. The molecule has 4 heteroatoms. The Labute approximate surface area is 116 Å². The van der Waals surface area contributed by atoms with Gasteiger partial charge in [0.05, 0.1) is 5.70 Å². The highest BCUT2D eigenvalue weighted by molar-refractivity contribution is 9.10. The molecule has 0 fully saturated rings. The second-order valence-electron chi connectivity index (χ2n) is 5.59. The molecule has 0 saturated carbocycles. The van der Waals surface area contributed by atoms with E-state index in [2.05, 4.69) is 54.1 Å². The lowest BCUT2D eigenvalue weighted by molar-refractivity contribution is 0.171. The van der Waals surface area contributed by atoms with Gasteiger partial charge in [-0.05, 0) is 51.5 Å². The zero-order valence-electron chi connectivity index (χ0n) is 11.1. The molecule has 18 heavy (non-hydrogen) atoms. The van der Waals surface area contributed by atoms with E-state index in [0.717, 1.165) is 22.3 Å². The third kappa shape index (κ3) is 2.45.